The molecule has 218 valence electrons. The second-order valence-corrected chi connectivity index (χ2v) is 11.7. The van der Waals surface area contributed by atoms with Crippen LogP contribution in [-0.4, -0.2) is 23.5 Å². The van der Waals surface area contributed by atoms with E-state index >= 15 is 4.79 Å². The van der Waals surface area contributed by atoms with Gasteiger partial charge < -0.3 is 23.7 Å². The van der Waals surface area contributed by atoms with E-state index in [2.05, 4.69) is 0 Å². The minimum atomic E-state index is -1.73. The van der Waals surface area contributed by atoms with Gasteiger partial charge in [-0.25, -0.2) is 0 Å². The van der Waals surface area contributed by atoms with Gasteiger partial charge in [0, 0.05) is 12.1 Å². The molecule has 0 saturated heterocycles. The Hall–Kier alpha value is -5.37. The number of aryl methyl sites for hydroxylation is 3. The molecule has 8 nitrogen and oxygen atoms in total. The first-order chi connectivity index (χ1) is 21.3. The van der Waals surface area contributed by atoms with Crippen molar-refractivity contribution in [1.29, 1.82) is 0 Å². The van der Waals surface area contributed by atoms with Crippen LogP contribution >= 0.6 is 0 Å². The Morgan fingerprint density at radius 2 is 1.52 bits per heavy atom. The summed E-state index contributed by atoms with van der Waals surface area (Å²) < 4.78 is 17.4. The van der Waals surface area contributed by atoms with Gasteiger partial charge in [0.25, 0.3) is 11.8 Å². The number of anilines is 1. The number of amides is 2. The van der Waals surface area contributed by atoms with Gasteiger partial charge in [-0.15, -0.1) is 0 Å². The number of hydrogen-bond acceptors (Lipinski definition) is 6. The molecule has 0 saturated carbocycles. The Bertz CT molecular complexity index is 2130. The highest BCUT2D eigenvalue weighted by atomic mass is 16.7. The molecule has 0 fully saturated rings. The predicted octanol–water partition coefficient (Wildman–Crippen LogP) is 5.89. The molecule has 0 N–H and O–H groups in total. The lowest BCUT2D eigenvalue weighted by Gasteiger charge is -2.34. The first kappa shape index (κ1) is 26.3. The number of carbonyl (C=O) groups is 2. The lowest BCUT2D eigenvalue weighted by molar-refractivity contribution is -0.126. The summed E-state index contributed by atoms with van der Waals surface area (Å²) in [6, 6.07) is 24.3. The summed E-state index contributed by atoms with van der Waals surface area (Å²) >= 11 is 0. The van der Waals surface area contributed by atoms with Gasteiger partial charge in [-0.05, 0) is 78.9 Å². The molecule has 44 heavy (non-hydrogen) atoms. The average Bonchev–Trinajstić information content (AvgIpc) is 3.65. The first-order valence-electron chi connectivity index (χ1n) is 14.5. The standard InChI is InChI=1S/C36H28N2O6/c1-20-8-4-5-9-24(20)18-37-27-11-7-6-10-26(27)36(35(37)41)31-32(39)25-14-21(2)22(3)15-29(25)44-33(31)34(40)38(36)17-23-12-13-28-30(16-23)43-19-42-28/h4-16H,17-19H2,1-3H3. The SMILES string of the molecule is Cc1cc2oc3c(c(=O)c2cc1C)C1(C(=O)N(Cc2ccccc2C)c2ccccc21)N(Cc1ccc2c(c1)OCO2)C3=O. The van der Waals surface area contributed by atoms with Gasteiger partial charge in [-0.3, -0.25) is 14.4 Å². The number of rotatable bonds is 4. The zero-order valence-electron chi connectivity index (χ0n) is 24.5. The van der Waals surface area contributed by atoms with E-state index in [4.69, 9.17) is 13.9 Å². The average molecular weight is 585 g/mol. The van der Waals surface area contributed by atoms with Crippen molar-refractivity contribution < 1.29 is 23.5 Å². The van der Waals surface area contributed by atoms with E-state index in [1.54, 1.807) is 29.2 Å². The third-order valence-corrected chi connectivity index (χ3v) is 9.22. The number of carbonyl (C=O) groups excluding carboxylic acids is 2. The summed E-state index contributed by atoms with van der Waals surface area (Å²) in [6.45, 7) is 6.28. The molecular weight excluding hydrogens is 556 g/mol. The highest BCUT2D eigenvalue weighted by Gasteiger charge is 2.65. The molecule has 5 aromatic rings. The van der Waals surface area contributed by atoms with Crippen LogP contribution in [0.25, 0.3) is 11.0 Å². The Balaban J connectivity index is 1.39. The Kier molecular flexibility index (Phi) is 5.56. The van der Waals surface area contributed by atoms with Crippen LogP contribution < -0.4 is 19.8 Å². The van der Waals surface area contributed by atoms with Crippen LogP contribution in [-0.2, 0) is 23.4 Å². The molecule has 0 radical (unpaired) electrons. The van der Waals surface area contributed by atoms with E-state index in [0.29, 0.717) is 33.7 Å². The normalized spacial score (nSPS) is 18.1. The number of ether oxygens (including phenoxy) is 2. The van der Waals surface area contributed by atoms with Crippen molar-refractivity contribution in [2.75, 3.05) is 11.7 Å². The van der Waals surface area contributed by atoms with E-state index in [1.807, 2.05) is 75.4 Å². The lowest BCUT2D eigenvalue weighted by Crippen LogP contribution is -2.53. The van der Waals surface area contributed by atoms with Gasteiger partial charge in [0.05, 0.1) is 23.2 Å². The van der Waals surface area contributed by atoms with Crippen molar-refractivity contribution in [3.8, 4) is 11.5 Å². The fourth-order valence-corrected chi connectivity index (χ4v) is 6.80. The third-order valence-electron chi connectivity index (χ3n) is 9.22. The summed E-state index contributed by atoms with van der Waals surface area (Å²) in [5, 5.41) is 0.339. The minimum absolute atomic E-state index is 0.0335. The molecule has 2 amide bonds. The molecule has 3 aliphatic heterocycles. The summed E-state index contributed by atoms with van der Waals surface area (Å²) in [5.74, 6) is 0.180. The van der Waals surface area contributed by atoms with Crippen molar-refractivity contribution in [2.24, 2.45) is 0 Å². The number of fused-ring (bicyclic) bond motifs is 6. The quantitative estimate of drug-likeness (QED) is 0.262. The Morgan fingerprint density at radius 3 is 2.36 bits per heavy atom. The molecule has 8 rings (SSSR count). The smallest absolute Gasteiger partial charge is 0.291 e. The molecule has 1 unspecified atom stereocenters. The second-order valence-electron chi connectivity index (χ2n) is 11.7. The summed E-state index contributed by atoms with van der Waals surface area (Å²) in [7, 11) is 0. The molecule has 0 aliphatic carbocycles. The maximum Gasteiger partial charge on any atom is 0.291 e. The lowest BCUT2D eigenvalue weighted by atomic mass is 9.83. The van der Waals surface area contributed by atoms with Crippen LogP contribution in [0.2, 0.25) is 0 Å². The fourth-order valence-electron chi connectivity index (χ4n) is 6.80. The van der Waals surface area contributed by atoms with Crippen LogP contribution in [0.1, 0.15) is 49.5 Å². The maximum atomic E-state index is 15.1. The second kappa shape index (κ2) is 9.31. The predicted molar refractivity (Wildman–Crippen MR) is 164 cm³/mol. The van der Waals surface area contributed by atoms with Gasteiger partial charge in [0.2, 0.25) is 12.6 Å². The van der Waals surface area contributed by atoms with Gasteiger partial charge in [-0.1, -0.05) is 48.5 Å². The van der Waals surface area contributed by atoms with Gasteiger partial charge in [0.1, 0.15) is 5.58 Å². The third kappa shape index (κ3) is 3.48. The number of nitrogens with zero attached hydrogens (tertiary/aromatic N) is 2. The monoisotopic (exact) mass is 584 g/mol. The number of para-hydroxylation sites is 1. The van der Waals surface area contributed by atoms with Gasteiger partial charge in [-0.2, -0.15) is 0 Å². The zero-order chi connectivity index (χ0) is 30.3. The fraction of sp³-hybridized carbons (Fsp3) is 0.194. The first-order valence-corrected chi connectivity index (χ1v) is 14.5. The van der Waals surface area contributed by atoms with Crippen LogP contribution in [0.15, 0.2) is 88.1 Å². The summed E-state index contributed by atoms with van der Waals surface area (Å²) in [6.07, 6.45) is 0. The minimum Gasteiger partial charge on any atom is -0.454 e. The Morgan fingerprint density at radius 1 is 0.773 bits per heavy atom. The molecule has 4 aromatic carbocycles. The van der Waals surface area contributed by atoms with Crippen molar-refractivity contribution in [1.82, 2.24) is 4.90 Å². The van der Waals surface area contributed by atoms with Crippen LogP contribution in [0.5, 0.6) is 11.5 Å². The molecule has 1 atom stereocenters. The number of hydrogen-bond donors (Lipinski definition) is 0. The van der Waals surface area contributed by atoms with Gasteiger partial charge in [0.15, 0.2) is 22.5 Å². The van der Waals surface area contributed by atoms with Crippen molar-refractivity contribution in [3.05, 3.63) is 134 Å². The zero-order valence-corrected chi connectivity index (χ0v) is 24.5. The molecule has 4 heterocycles. The molecule has 0 bridgehead atoms. The summed E-state index contributed by atoms with van der Waals surface area (Å²) in [4.78, 5) is 47.4. The van der Waals surface area contributed by atoms with E-state index in [0.717, 1.165) is 27.8 Å². The van der Waals surface area contributed by atoms with E-state index in [9.17, 15) is 9.59 Å². The van der Waals surface area contributed by atoms with Crippen LogP contribution in [0, 0.1) is 20.8 Å². The maximum absolute atomic E-state index is 15.1. The van der Waals surface area contributed by atoms with Gasteiger partial charge >= 0.3 is 0 Å². The van der Waals surface area contributed by atoms with Crippen LogP contribution in [0.3, 0.4) is 0 Å². The topological polar surface area (TPSA) is 89.3 Å². The van der Waals surface area contributed by atoms with Crippen molar-refractivity contribution in [2.45, 2.75) is 39.4 Å². The molecule has 1 spiro atoms. The van der Waals surface area contributed by atoms with E-state index in [1.165, 1.54) is 4.90 Å². The van der Waals surface area contributed by atoms with E-state index in [-0.39, 0.29) is 42.5 Å². The summed E-state index contributed by atoms with van der Waals surface area (Å²) in [5.41, 5.74) is 4.07. The molecule has 1 aromatic heterocycles. The molecule has 8 heteroatoms. The Labute approximate surface area is 253 Å². The highest BCUT2D eigenvalue weighted by Crippen LogP contribution is 2.53. The van der Waals surface area contributed by atoms with Crippen LogP contribution in [0.4, 0.5) is 5.69 Å². The molecular formula is C36H28N2O6. The molecule has 3 aliphatic rings. The largest absolute Gasteiger partial charge is 0.454 e. The van der Waals surface area contributed by atoms with E-state index < -0.39 is 11.4 Å². The highest BCUT2D eigenvalue weighted by molar-refractivity contribution is 6.17. The number of benzene rings is 4. The van der Waals surface area contributed by atoms with Crippen molar-refractivity contribution >= 4 is 28.5 Å². The van der Waals surface area contributed by atoms with Crippen molar-refractivity contribution in [3.63, 3.8) is 0 Å².